The summed E-state index contributed by atoms with van der Waals surface area (Å²) in [5, 5.41) is 0. The summed E-state index contributed by atoms with van der Waals surface area (Å²) in [6.07, 6.45) is 4.53. The van der Waals surface area contributed by atoms with E-state index in [-0.39, 0.29) is 0 Å². The lowest BCUT2D eigenvalue weighted by molar-refractivity contribution is 0.327. The molecular formula is C11H20N2O. The van der Waals surface area contributed by atoms with Gasteiger partial charge in [-0.3, -0.25) is 0 Å². The van der Waals surface area contributed by atoms with Gasteiger partial charge in [0.2, 0.25) is 0 Å². The Morgan fingerprint density at radius 2 is 2.21 bits per heavy atom. The molecule has 0 N–H and O–H groups in total. The van der Waals surface area contributed by atoms with Crippen LogP contribution in [0.5, 0.6) is 0 Å². The number of aromatic nitrogens is 1. The molecule has 2 rings (SSSR count). The van der Waals surface area contributed by atoms with E-state index in [2.05, 4.69) is 23.9 Å². The van der Waals surface area contributed by atoms with Crippen molar-refractivity contribution in [2.45, 2.75) is 39.2 Å². The number of hydrogen-bond donors (Lipinski definition) is 0. The van der Waals surface area contributed by atoms with Gasteiger partial charge in [-0.2, -0.15) is 0 Å². The summed E-state index contributed by atoms with van der Waals surface area (Å²) in [5.74, 6) is 1.58. The Bertz CT molecular complexity index is 236. The minimum atomic E-state index is 0.549. The maximum Gasteiger partial charge on any atom is 0.180 e. The topological polar surface area (TPSA) is 29.3 Å². The van der Waals surface area contributed by atoms with Crippen molar-refractivity contribution < 1.29 is 4.42 Å². The molecule has 2 atom stereocenters. The van der Waals surface area contributed by atoms with Crippen LogP contribution in [0.1, 0.15) is 38.9 Å². The van der Waals surface area contributed by atoms with Crippen LogP contribution in [0.15, 0.2) is 17.0 Å². The highest BCUT2D eigenvalue weighted by Crippen LogP contribution is 2.29. The average Bonchev–Trinajstić information content (AvgIpc) is 2.80. The van der Waals surface area contributed by atoms with Crippen LogP contribution < -0.4 is 0 Å². The van der Waals surface area contributed by atoms with Crippen LogP contribution in [0.4, 0.5) is 0 Å². The summed E-state index contributed by atoms with van der Waals surface area (Å²) in [6.45, 7) is 7.34. The second kappa shape index (κ2) is 5.15. The molecule has 3 nitrogen and oxygen atoms in total. The number of rotatable bonds is 1. The second-order valence-corrected chi connectivity index (χ2v) is 3.63. The normalized spacial score (nSPS) is 27.1. The number of nitrogens with zero attached hydrogens (tertiary/aromatic N) is 2. The summed E-state index contributed by atoms with van der Waals surface area (Å²) >= 11 is 0. The van der Waals surface area contributed by atoms with Gasteiger partial charge in [0.05, 0.1) is 6.20 Å². The molecule has 0 bridgehead atoms. The number of likely N-dealkylation sites (tertiary alicyclic amines) is 1. The van der Waals surface area contributed by atoms with Crippen molar-refractivity contribution in [2.75, 3.05) is 13.6 Å². The number of hydrogen-bond acceptors (Lipinski definition) is 3. The zero-order chi connectivity index (χ0) is 10.6. The molecular weight excluding hydrogens is 176 g/mol. The highest BCUT2D eigenvalue weighted by Gasteiger charge is 2.28. The van der Waals surface area contributed by atoms with Gasteiger partial charge in [-0.15, -0.1) is 0 Å². The van der Waals surface area contributed by atoms with Gasteiger partial charge < -0.3 is 9.32 Å². The minimum Gasteiger partial charge on any atom is -0.448 e. The third-order valence-corrected chi connectivity index (χ3v) is 2.74. The van der Waals surface area contributed by atoms with Crippen LogP contribution in [-0.4, -0.2) is 29.5 Å². The summed E-state index contributed by atoms with van der Waals surface area (Å²) < 4.78 is 5.28. The first-order chi connectivity index (χ1) is 6.77. The van der Waals surface area contributed by atoms with E-state index in [1.54, 1.807) is 0 Å². The average molecular weight is 196 g/mol. The van der Waals surface area contributed by atoms with E-state index in [4.69, 9.17) is 4.42 Å². The predicted molar refractivity (Wildman–Crippen MR) is 57.3 cm³/mol. The zero-order valence-corrected chi connectivity index (χ0v) is 9.53. The molecule has 1 fully saturated rings. The first kappa shape index (κ1) is 11.2. The van der Waals surface area contributed by atoms with Crippen LogP contribution in [0, 0.1) is 0 Å². The Hall–Kier alpha value is -0.830. The first-order valence-electron chi connectivity index (χ1n) is 5.36. The van der Waals surface area contributed by atoms with E-state index in [0.29, 0.717) is 12.0 Å². The van der Waals surface area contributed by atoms with Gasteiger partial charge in [0, 0.05) is 18.5 Å². The van der Waals surface area contributed by atoms with Crippen molar-refractivity contribution in [3.63, 3.8) is 0 Å². The SMILES string of the molecule is CC.C[C@@H]1CC(c2cnco2)CN1C. The van der Waals surface area contributed by atoms with E-state index < -0.39 is 0 Å². The molecule has 14 heavy (non-hydrogen) atoms. The molecule has 0 amide bonds. The van der Waals surface area contributed by atoms with Gasteiger partial charge in [-0.25, -0.2) is 4.98 Å². The molecule has 0 saturated carbocycles. The lowest BCUT2D eigenvalue weighted by atomic mass is 10.0. The molecule has 1 saturated heterocycles. The molecule has 0 spiro atoms. The molecule has 1 unspecified atom stereocenters. The number of likely N-dealkylation sites (N-methyl/N-ethyl adjacent to an activating group) is 1. The van der Waals surface area contributed by atoms with Crippen molar-refractivity contribution >= 4 is 0 Å². The molecule has 0 radical (unpaired) electrons. The summed E-state index contributed by atoms with van der Waals surface area (Å²) in [6, 6.07) is 0.667. The Labute approximate surface area is 86.1 Å². The van der Waals surface area contributed by atoms with Gasteiger partial charge in [-0.1, -0.05) is 13.8 Å². The highest BCUT2D eigenvalue weighted by atomic mass is 16.3. The fourth-order valence-corrected chi connectivity index (χ4v) is 1.83. The molecule has 2 heterocycles. The van der Waals surface area contributed by atoms with E-state index >= 15 is 0 Å². The van der Waals surface area contributed by atoms with Crippen molar-refractivity contribution in [3.05, 3.63) is 18.4 Å². The van der Waals surface area contributed by atoms with Gasteiger partial charge in [0.25, 0.3) is 0 Å². The van der Waals surface area contributed by atoms with E-state index in [9.17, 15) is 0 Å². The third-order valence-electron chi connectivity index (χ3n) is 2.74. The van der Waals surface area contributed by atoms with E-state index in [1.165, 1.54) is 12.8 Å². The second-order valence-electron chi connectivity index (χ2n) is 3.63. The fourth-order valence-electron chi connectivity index (χ4n) is 1.83. The molecule has 80 valence electrons. The van der Waals surface area contributed by atoms with Crippen LogP contribution >= 0.6 is 0 Å². The van der Waals surface area contributed by atoms with Gasteiger partial charge in [-0.05, 0) is 20.4 Å². The largest absolute Gasteiger partial charge is 0.448 e. The monoisotopic (exact) mass is 196 g/mol. The lowest BCUT2D eigenvalue weighted by Crippen LogP contribution is -2.21. The van der Waals surface area contributed by atoms with Crippen molar-refractivity contribution in [3.8, 4) is 0 Å². The van der Waals surface area contributed by atoms with Gasteiger partial charge in [0.15, 0.2) is 6.39 Å². The number of oxazole rings is 1. The molecule has 3 heteroatoms. The van der Waals surface area contributed by atoms with Gasteiger partial charge in [0.1, 0.15) is 5.76 Å². The Kier molecular flexibility index (Phi) is 4.14. The van der Waals surface area contributed by atoms with Crippen molar-refractivity contribution in [1.82, 2.24) is 9.88 Å². The predicted octanol–water partition coefficient (Wildman–Crippen LogP) is 2.51. The molecule has 0 aliphatic carbocycles. The first-order valence-corrected chi connectivity index (χ1v) is 5.36. The molecule has 1 aromatic rings. The maximum absolute atomic E-state index is 5.28. The van der Waals surface area contributed by atoms with Crippen LogP contribution in [0.3, 0.4) is 0 Å². The molecule has 0 aromatic carbocycles. The summed E-state index contributed by atoms with van der Waals surface area (Å²) in [5.41, 5.74) is 0. The zero-order valence-electron chi connectivity index (χ0n) is 9.53. The van der Waals surface area contributed by atoms with E-state index in [0.717, 1.165) is 12.3 Å². The van der Waals surface area contributed by atoms with Crippen molar-refractivity contribution in [1.29, 1.82) is 0 Å². The Morgan fingerprint density at radius 3 is 2.64 bits per heavy atom. The highest BCUT2D eigenvalue weighted by molar-refractivity contribution is 5.04. The fraction of sp³-hybridized carbons (Fsp3) is 0.727. The van der Waals surface area contributed by atoms with Crippen LogP contribution in [0.2, 0.25) is 0 Å². The van der Waals surface area contributed by atoms with E-state index in [1.807, 2.05) is 20.0 Å². The third kappa shape index (κ3) is 2.35. The van der Waals surface area contributed by atoms with Crippen molar-refractivity contribution in [2.24, 2.45) is 0 Å². The molecule has 1 aromatic heterocycles. The molecule has 1 aliphatic rings. The Balaban J connectivity index is 0.000000461. The summed E-state index contributed by atoms with van der Waals surface area (Å²) in [4.78, 5) is 6.29. The standard InChI is InChI=1S/C9H14N2O.C2H6/c1-7-3-8(5-11(7)2)9-4-10-6-12-9;1-2/h4,6-8H,3,5H2,1-2H3;1-2H3/t7-,8?;/m1./s1. The smallest absolute Gasteiger partial charge is 0.180 e. The summed E-state index contributed by atoms with van der Waals surface area (Å²) in [7, 11) is 2.15. The molecule has 1 aliphatic heterocycles. The Morgan fingerprint density at radius 1 is 1.50 bits per heavy atom. The van der Waals surface area contributed by atoms with Crippen LogP contribution in [-0.2, 0) is 0 Å². The quantitative estimate of drug-likeness (QED) is 0.691. The lowest BCUT2D eigenvalue weighted by Gasteiger charge is -2.12. The minimum absolute atomic E-state index is 0.549. The van der Waals surface area contributed by atoms with Crippen LogP contribution in [0.25, 0.3) is 0 Å². The van der Waals surface area contributed by atoms with Gasteiger partial charge >= 0.3 is 0 Å². The maximum atomic E-state index is 5.28.